The van der Waals surface area contributed by atoms with E-state index in [-0.39, 0.29) is 5.91 Å². The van der Waals surface area contributed by atoms with E-state index >= 15 is 0 Å². The van der Waals surface area contributed by atoms with Crippen molar-refractivity contribution < 1.29 is 14.3 Å². The quantitative estimate of drug-likeness (QED) is 0.898. The van der Waals surface area contributed by atoms with Crippen molar-refractivity contribution in [2.45, 2.75) is 26.2 Å². The Balaban J connectivity index is 1.88. The molecule has 0 fully saturated rings. The van der Waals surface area contributed by atoms with E-state index in [2.05, 4.69) is 18.3 Å². The van der Waals surface area contributed by atoms with Gasteiger partial charge >= 0.3 is 0 Å². The van der Waals surface area contributed by atoms with Crippen molar-refractivity contribution in [1.29, 1.82) is 5.26 Å². The third kappa shape index (κ3) is 3.33. The Morgan fingerprint density at radius 2 is 2.08 bits per heavy atom. The lowest BCUT2D eigenvalue weighted by atomic mass is 9.88. The monoisotopic (exact) mass is 356 g/mol. The van der Waals surface area contributed by atoms with Crippen molar-refractivity contribution in [2.75, 3.05) is 19.5 Å². The fourth-order valence-corrected chi connectivity index (χ4v) is 4.47. The normalized spacial score (nSPS) is 15.8. The lowest BCUT2D eigenvalue weighted by Gasteiger charge is -2.17. The number of anilines is 1. The molecule has 0 aliphatic heterocycles. The molecule has 3 rings (SSSR count). The average molecular weight is 356 g/mol. The van der Waals surface area contributed by atoms with Crippen LogP contribution in [-0.2, 0) is 12.8 Å². The summed E-state index contributed by atoms with van der Waals surface area (Å²) in [4.78, 5) is 13.8. The second-order valence-corrected chi connectivity index (χ2v) is 7.30. The number of benzene rings is 1. The van der Waals surface area contributed by atoms with Crippen molar-refractivity contribution in [2.24, 2.45) is 5.92 Å². The molecule has 1 heterocycles. The standard InChI is InChI=1S/C19H20N2O3S/c1-11-4-6-13-14(10-20)19(25-17(13)8-11)21-18(22)12-5-7-15(23-2)16(9-12)24-3/h5,7,9,11H,4,6,8H2,1-3H3,(H,21,22)/t11-/m1/s1. The van der Waals surface area contributed by atoms with Crippen LogP contribution >= 0.6 is 11.3 Å². The fourth-order valence-electron chi connectivity index (χ4n) is 3.11. The number of nitrogens with zero attached hydrogens (tertiary/aromatic N) is 1. The summed E-state index contributed by atoms with van der Waals surface area (Å²) >= 11 is 1.52. The number of amides is 1. The molecule has 0 spiro atoms. The van der Waals surface area contributed by atoms with Gasteiger partial charge in [-0.1, -0.05) is 6.92 Å². The summed E-state index contributed by atoms with van der Waals surface area (Å²) in [5, 5.41) is 13.1. The van der Waals surface area contributed by atoms with Crippen LogP contribution in [0.2, 0.25) is 0 Å². The van der Waals surface area contributed by atoms with E-state index < -0.39 is 0 Å². The summed E-state index contributed by atoms with van der Waals surface area (Å²) < 4.78 is 10.4. The Labute approximate surface area is 151 Å². The molecule has 1 atom stereocenters. The van der Waals surface area contributed by atoms with Crippen LogP contribution in [0.15, 0.2) is 18.2 Å². The van der Waals surface area contributed by atoms with Crippen molar-refractivity contribution in [1.82, 2.24) is 0 Å². The molecule has 5 nitrogen and oxygen atoms in total. The van der Waals surface area contributed by atoms with E-state index in [1.54, 1.807) is 25.3 Å². The fraction of sp³-hybridized carbons (Fsp3) is 0.368. The van der Waals surface area contributed by atoms with Crippen LogP contribution in [0.3, 0.4) is 0 Å². The maximum Gasteiger partial charge on any atom is 0.256 e. The lowest BCUT2D eigenvalue weighted by Crippen LogP contribution is -2.12. The summed E-state index contributed by atoms with van der Waals surface area (Å²) in [5.74, 6) is 1.42. The zero-order valence-corrected chi connectivity index (χ0v) is 15.3. The number of rotatable bonds is 4. The highest BCUT2D eigenvalue weighted by Gasteiger charge is 2.25. The van der Waals surface area contributed by atoms with Gasteiger partial charge in [-0.2, -0.15) is 5.26 Å². The molecular weight excluding hydrogens is 336 g/mol. The topological polar surface area (TPSA) is 71.3 Å². The summed E-state index contributed by atoms with van der Waals surface area (Å²) in [6.07, 6.45) is 2.96. The Kier molecular flexibility index (Phi) is 4.95. The van der Waals surface area contributed by atoms with Gasteiger partial charge in [0.25, 0.3) is 5.91 Å². The van der Waals surface area contributed by atoms with E-state index in [0.717, 1.165) is 24.8 Å². The van der Waals surface area contributed by atoms with Crippen molar-refractivity contribution in [3.63, 3.8) is 0 Å². The van der Waals surface area contributed by atoms with Crippen LogP contribution in [0, 0.1) is 17.2 Å². The van der Waals surface area contributed by atoms with Crippen LogP contribution in [-0.4, -0.2) is 20.1 Å². The Bertz CT molecular complexity index is 851. The maximum atomic E-state index is 12.6. The molecule has 25 heavy (non-hydrogen) atoms. The second kappa shape index (κ2) is 7.16. The zero-order valence-electron chi connectivity index (χ0n) is 14.5. The molecule has 1 aromatic carbocycles. The first-order valence-corrected chi connectivity index (χ1v) is 8.97. The number of hydrogen-bond acceptors (Lipinski definition) is 5. The average Bonchev–Trinajstić information content (AvgIpc) is 2.96. The number of thiophene rings is 1. The predicted molar refractivity (Wildman–Crippen MR) is 97.7 cm³/mol. The number of ether oxygens (including phenoxy) is 2. The summed E-state index contributed by atoms with van der Waals surface area (Å²) in [7, 11) is 3.08. The number of carbonyl (C=O) groups is 1. The minimum atomic E-state index is -0.260. The maximum absolute atomic E-state index is 12.6. The van der Waals surface area contributed by atoms with Gasteiger partial charge in [-0.25, -0.2) is 0 Å². The van der Waals surface area contributed by atoms with E-state index in [1.807, 2.05) is 0 Å². The van der Waals surface area contributed by atoms with E-state index in [1.165, 1.54) is 23.3 Å². The van der Waals surface area contributed by atoms with E-state index in [4.69, 9.17) is 9.47 Å². The number of nitriles is 1. The molecule has 1 aromatic heterocycles. The zero-order chi connectivity index (χ0) is 18.0. The number of fused-ring (bicyclic) bond motifs is 1. The number of hydrogen-bond donors (Lipinski definition) is 1. The van der Waals surface area contributed by atoms with Gasteiger partial charge in [0.1, 0.15) is 11.1 Å². The summed E-state index contributed by atoms with van der Waals surface area (Å²) in [6.45, 7) is 2.22. The largest absolute Gasteiger partial charge is 0.493 e. The highest BCUT2D eigenvalue weighted by atomic mass is 32.1. The smallest absolute Gasteiger partial charge is 0.256 e. The molecule has 1 aliphatic carbocycles. The van der Waals surface area contributed by atoms with Gasteiger partial charge in [-0.15, -0.1) is 11.3 Å². The summed E-state index contributed by atoms with van der Waals surface area (Å²) in [6, 6.07) is 7.28. The first kappa shape index (κ1) is 17.3. The molecule has 1 amide bonds. The molecule has 6 heteroatoms. The van der Waals surface area contributed by atoms with Crippen LogP contribution in [0.4, 0.5) is 5.00 Å². The molecule has 0 bridgehead atoms. The first-order chi connectivity index (χ1) is 12.1. The minimum Gasteiger partial charge on any atom is -0.493 e. The van der Waals surface area contributed by atoms with E-state index in [0.29, 0.717) is 33.5 Å². The van der Waals surface area contributed by atoms with E-state index in [9.17, 15) is 10.1 Å². The van der Waals surface area contributed by atoms with Gasteiger partial charge in [-0.05, 0) is 48.9 Å². The highest BCUT2D eigenvalue weighted by Crippen LogP contribution is 2.39. The van der Waals surface area contributed by atoms with Gasteiger partial charge in [-0.3, -0.25) is 4.79 Å². The highest BCUT2D eigenvalue weighted by molar-refractivity contribution is 7.16. The SMILES string of the molecule is COc1ccc(C(=O)Nc2sc3c(c2C#N)CC[C@@H](C)C3)cc1OC. The van der Waals surface area contributed by atoms with Gasteiger partial charge < -0.3 is 14.8 Å². The van der Waals surface area contributed by atoms with Crippen LogP contribution in [0.25, 0.3) is 0 Å². The Hall–Kier alpha value is -2.52. The molecular formula is C19H20N2O3S. The minimum absolute atomic E-state index is 0.260. The Morgan fingerprint density at radius 3 is 2.76 bits per heavy atom. The number of carbonyl (C=O) groups excluding carboxylic acids is 1. The third-order valence-corrected chi connectivity index (χ3v) is 5.67. The molecule has 0 saturated heterocycles. The molecule has 0 radical (unpaired) electrons. The summed E-state index contributed by atoms with van der Waals surface area (Å²) in [5.41, 5.74) is 2.18. The second-order valence-electron chi connectivity index (χ2n) is 6.19. The van der Waals surface area contributed by atoms with Crippen LogP contribution in [0.5, 0.6) is 11.5 Å². The molecule has 1 N–H and O–H groups in total. The first-order valence-electron chi connectivity index (χ1n) is 8.15. The Morgan fingerprint density at radius 1 is 1.32 bits per heavy atom. The van der Waals surface area contributed by atoms with Gasteiger partial charge in [0.2, 0.25) is 0 Å². The number of methoxy groups -OCH3 is 2. The molecule has 0 unspecified atom stereocenters. The number of nitrogens with one attached hydrogen (secondary N) is 1. The van der Waals surface area contributed by atoms with Gasteiger partial charge in [0, 0.05) is 10.4 Å². The molecule has 0 saturated carbocycles. The molecule has 2 aromatic rings. The third-order valence-electron chi connectivity index (χ3n) is 4.50. The van der Waals surface area contributed by atoms with Crippen LogP contribution < -0.4 is 14.8 Å². The van der Waals surface area contributed by atoms with Crippen molar-refractivity contribution >= 4 is 22.2 Å². The van der Waals surface area contributed by atoms with Gasteiger partial charge in [0.15, 0.2) is 11.5 Å². The van der Waals surface area contributed by atoms with Crippen molar-refractivity contribution in [3.8, 4) is 17.6 Å². The molecule has 130 valence electrons. The van der Waals surface area contributed by atoms with Gasteiger partial charge in [0.05, 0.1) is 19.8 Å². The lowest BCUT2D eigenvalue weighted by molar-refractivity contribution is 0.102. The van der Waals surface area contributed by atoms with Crippen LogP contribution in [0.1, 0.15) is 39.7 Å². The predicted octanol–water partition coefficient (Wildman–Crippen LogP) is 4.01. The molecule has 1 aliphatic rings. The van der Waals surface area contributed by atoms with Crippen molar-refractivity contribution in [3.05, 3.63) is 39.8 Å².